The molecule has 1 unspecified atom stereocenters. The van der Waals surface area contributed by atoms with Crippen LogP contribution in [0.1, 0.15) is 5.48 Å². The molecule has 0 aromatic carbocycles. The molecular formula is C3H6O3. The third-order valence-electron chi connectivity index (χ3n) is 0.203. The van der Waals surface area contributed by atoms with Crippen molar-refractivity contribution in [2.45, 2.75) is 6.08 Å². The Morgan fingerprint density at radius 3 is 3.00 bits per heavy atom. The molecule has 0 amide bonds. The van der Waals surface area contributed by atoms with E-state index in [0.717, 1.165) is 0 Å². The molecule has 0 fully saturated rings. The van der Waals surface area contributed by atoms with Crippen LogP contribution < -0.4 is 0 Å². The van der Waals surface area contributed by atoms with E-state index in [2.05, 4.69) is 0 Å². The van der Waals surface area contributed by atoms with Crippen LogP contribution in [0.5, 0.6) is 0 Å². The van der Waals surface area contributed by atoms with E-state index < -0.39 is 18.9 Å². The Labute approximate surface area is 40.8 Å². The smallest absolute Gasteiger partial charge is 0.150 e. The molecule has 6 heavy (non-hydrogen) atoms. The fraction of sp³-hybridized carbons (Fsp3) is 0.667. The van der Waals surface area contributed by atoms with E-state index in [-0.39, 0.29) is 0 Å². The van der Waals surface area contributed by atoms with Crippen LogP contribution in [0, 0.1) is 0 Å². The number of aliphatic hydroxyl groups is 2. The molecule has 0 saturated heterocycles. The highest BCUT2D eigenvalue weighted by Gasteiger charge is 1.92. The molecule has 0 radical (unpaired) electrons. The van der Waals surface area contributed by atoms with Crippen LogP contribution in [-0.4, -0.2) is 29.1 Å². The zero-order valence-electron chi connectivity index (χ0n) is 6.80. The highest BCUT2D eigenvalue weighted by atomic mass is 16.3. The molecule has 0 rings (SSSR count). The Morgan fingerprint density at radius 2 is 3.00 bits per heavy atom. The lowest BCUT2D eigenvalue weighted by Gasteiger charge is -1.89. The van der Waals surface area contributed by atoms with Gasteiger partial charge < -0.3 is 15.0 Å². The van der Waals surface area contributed by atoms with Crippen LogP contribution in [0.2, 0.25) is 0 Å². The average molecular weight is 94.1 g/mol. The Balaban J connectivity index is 4.57. The summed E-state index contributed by atoms with van der Waals surface area (Å²) in [6.45, 7) is -3.40. The van der Waals surface area contributed by atoms with Gasteiger partial charge in [0.1, 0.15) is 7.45 Å². The quantitative estimate of drug-likeness (QED) is 0.411. The monoisotopic (exact) mass is 94.1 g/mol. The van der Waals surface area contributed by atoms with E-state index in [1.807, 2.05) is 0 Å². The second kappa shape index (κ2) is 2.81. The number of hydrogen-bond donors (Lipinski definition) is 2. The maximum atomic E-state index is 9.94. The molecule has 0 aromatic heterocycles. The third-order valence-corrected chi connectivity index (χ3v) is 0.203. The van der Waals surface area contributed by atoms with Gasteiger partial charge in [-0.1, -0.05) is 0 Å². The summed E-state index contributed by atoms with van der Waals surface area (Å²) < 4.78 is 25.2. The van der Waals surface area contributed by atoms with Crippen molar-refractivity contribution in [1.82, 2.24) is 0 Å². The van der Waals surface area contributed by atoms with E-state index in [1.54, 1.807) is 0 Å². The summed E-state index contributed by atoms with van der Waals surface area (Å²) in [5.41, 5.74) is 0. The fourth-order valence-corrected chi connectivity index (χ4v) is 0.0228. The van der Waals surface area contributed by atoms with Gasteiger partial charge in [0.25, 0.3) is 0 Å². The van der Waals surface area contributed by atoms with Crippen molar-refractivity contribution in [3.63, 3.8) is 0 Å². The van der Waals surface area contributed by atoms with Crippen molar-refractivity contribution >= 4 is 6.26 Å². The second-order valence-corrected chi connectivity index (χ2v) is 0.562. The van der Waals surface area contributed by atoms with Crippen LogP contribution in [0.3, 0.4) is 0 Å². The van der Waals surface area contributed by atoms with E-state index in [9.17, 15) is 4.79 Å². The van der Waals surface area contributed by atoms with E-state index >= 15 is 0 Å². The first-order chi connectivity index (χ1) is 4.19. The summed E-state index contributed by atoms with van der Waals surface area (Å²) in [5.74, 6) is 0. The first kappa shape index (κ1) is 1.60. The molecule has 1 atom stereocenters. The van der Waals surface area contributed by atoms with Gasteiger partial charge in [-0.2, -0.15) is 0 Å². The van der Waals surface area contributed by atoms with Crippen LogP contribution in [-0.2, 0) is 4.79 Å². The Kier molecular flexibility index (Phi) is 0.747. The van der Waals surface area contributed by atoms with Gasteiger partial charge in [-0.3, -0.25) is 0 Å². The minimum atomic E-state index is -3.40. The molecule has 2 N–H and O–H groups in total. The number of carbonyl (C=O) groups excluding carboxylic acids is 1. The summed E-state index contributed by atoms with van der Waals surface area (Å²) in [6.07, 6.45) is -5.28. The highest BCUT2D eigenvalue weighted by Crippen LogP contribution is 1.66. The summed E-state index contributed by atoms with van der Waals surface area (Å²) >= 11 is 0. The molecule has 0 saturated carbocycles. The SMILES string of the molecule is [2H]C(=O)C([2H])(O)C([2H])([2H])O. The minimum Gasteiger partial charge on any atom is -0.393 e. The normalized spacial score (nSPS) is 31.0. The summed E-state index contributed by atoms with van der Waals surface area (Å²) in [5, 5.41) is 16.7. The average Bonchev–Trinajstić information content (AvgIpc) is 1.62. The van der Waals surface area contributed by atoms with Gasteiger partial charge in [0.15, 0.2) is 6.26 Å². The maximum Gasteiger partial charge on any atom is 0.150 e. The van der Waals surface area contributed by atoms with Gasteiger partial charge >= 0.3 is 0 Å². The van der Waals surface area contributed by atoms with Gasteiger partial charge in [-0.25, -0.2) is 0 Å². The molecule has 0 aliphatic heterocycles. The topological polar surface area (TPSA) is 57.5 Å². The van der Waals surface area contributed by atoms with Crippen molar-refractivity contribution in [1.29, 1.82) is 0 Å². The van der Waals surface area contributed by atoms with Crippen LogP contribution in [0.15, 0.2) is 0 Å². The molecular weight excluding hydrogens is 84.0 g/mol. The van der Waals surface area contributed by atoms with Gasteiger partial charge in [-0.15, -0.1) is 0 Å². The van der Waals surface area contributed by atoms with E-state index in [4.69, 9.17) is 15.7 Å². The van der Waals surface area contributed by atoms with Gasteiger partial charge in [-0.05, 0) is 0 Å². The second-order valence-electron chi connectivity index (χ2n) is 0.562. The van der Waals surface area contributed by atoms with Crippen molar-refractivity contribution in [3.05, 3.63) is 0 Å². The molecule has 0 heterocycles. The summed E-state index contributed by atoms with van der Waals surface area (Å²) in [7, 11) is 0. The third kappa shape index (κ3) is 1.87. The number of rotatable bonds is 2. The molecule has 0 aliphatic rings. The molecule has 3 heteroatoms. The number of hydrogen-bond acceptors (Lipinski definition) is 3. The van der Waals surface area contributed by atoms with Crippen LogP contribution in [0.25, 0.3) is 0 Å². The fourth-order valence-electron chi connectivity index (χ4n) is 0.0228. The van der Waals surface area contributed by atoms with Crippen LogP contribution >= 0.6 is 0 Å². The Hall–Kier alpha value is -0.410. The predicted molar refractivity (Wildman–Crippen MR) is 19.2 cm³/mol. The zero-order chi connectivity index (χ0) is 8.58. The Bertz CT molecular complexity index is 148. The lowest BCUT2D eigenvalue weighted by atomic mass is 10.4. The Morgan fingerprint density at radius 1 is 2.50 bits per heavy atom. The number of carbonyl (C=O) groups is 1. The summed E-state index contributed by atoms with van der Waals surface area (Å²) in [4.78, 5) is 9.94. The van der Waals surface area contributed by atoms with E-state index in [0.29, 0.717) is 0 Å². The highest BCUT2D eigenvalue weighted by molar-refractivity contribution is 5.55. The molecule has 0 spiro atoms. The molecule has 0 aliphatic carbocycles. The number of aldehydes is 1. The maximum absolute atomic E-state index is 9.94. The van der Waals surface area contributed by atoms with Crippen LogP contribution in [0.4, 0.5) is 0 Å². The lowest BCUT2D eigenvalue weighted by molar-refractivity contribution is -0.116. The van der Waals surface area contributed by atoms with E-state index in [1.165, 1.54) is 0 Å². The zero-order valence-corrected chi connectivity index (χ0v) is 2.80. The molecule has 3 nitrogen and oxygen atoms in total. The standard InChI is InChI=1S/C3H6O3/c4-1-3(6)2-5/h1,3,5-6H,2H2/i1D,2D2,3D. The predicted octanol–water partition coefficient (Wildman–Crippen LogP) is -1.46. The van der Waals surface area contributed by atoms with Crippen molar-refractivity contribution in [3.8, 4) is 0 Å². The van der Waals surface area contributed by atoms with Gasteiger partial charge in [0.05, 0.1) is 10.7 Å². The molecule has 0 bridgehead atoms. The van der Waals surface area contributed by atoms with Crippen molar-refractivity contribution < 1.29 is 20.5 Å². The first-order valence-corrected chi connectivity index (χ1v) is 1.15. The van der Waals surface area contributed by atoms with Gasteiger partial charge in [0, 0.05) is 0 Å². The largest absolute Gasteiger partial charge is 0.393 e. The first-order valence-electron chi connectivity index (χ1n) is 3.15. The lowest BCUT2D eigenvalue weighted by Crippen LogP contribution is -2.12. The van der Waals surface area contributed by atoms with Crippen molar-refractivity contribution in [2.24, 2.45) is 0 Å². The minimum absolute atomic E-state index is 1.89. The van der Waals surface area contributed by atoms with Gasteiger partial charge in [0.2, 0.25) is 0 Å². The van der Waals surface area contributed by atoms with Crippen molar-refractivity contribution in [2.75, 3.05) is 6.56 Å². The molecule has 36 valence electrons. The summed E-state index contributed by atoms with van der Waals surface area (Å²) in [6, 6.07) is 0. The molecule has 0 aromatic rings.